The van der Waals surface area contributed by atoms with E-state index < -0.39 is 5.41 Å². The molecule has 1 fully saturated rings. The molecule has 1 amide bonds. The van der Waals surface area contributed by atoms with Crippen LogP contribution in [-0.2, 0) is 15.0 Å². The SMILES string of the molecule is C[C@@H]1C(=O)C(C#N)=CC2(c3ccccc3)C(=O)N(C)CC[C@@H]12. The van der Waals surface area contributed by atoms with Gasteiger partial charge in [-0.05, 0) is 24.0 Å². The molecule has 1 aromatic carbocycles. The molecule has 2 aliphatic rings. The van der Waals surface area contributed by atoms with Crippen LogP contribution in [0.3, 0.4) is 0 Å². The number of likely N-dealkylation sites (N-methyl/N-ethyl adjacent to an activating group) is 1. The van der Waals surface area contributed by atoms with Gasteiger partial charge in [0.15, 0.2) is 5.78 Å². The Labute approximate surface area is 130 Å². The first-order chi connectivity index (χ1) is 10.5. The third-order valence-corrected chi connectivity index (χ3v) is 5.09. The topological polar surface area (TPSA) is 61.2 Å². The van der Waals surface area contributed by atoms with Crippen LogP contribution in [0.2, 0.25) is 0 Å². The smallest absolute Gasteiger partial charge is 0.237 e. The molecule has 0 bridgehead atoms. The van der Waals surface area contributed by atoms with E-state index in [4.69, 9.17) is 0 Å². The van der Waals surface area contributed by atoms with Crippen molar-refractivity contribution >= 4 is 11.7 Å². The summed E-state index contributed by atoms with van der Waals surface area (Å²) < 4.78 is 0. The maximum atomic E-state index is 13.1. The summed E-state index contributed by atoms with van der Waals surface area (Å²) in [6.07, 6.45) is 2.38. The number of amides is 1. The maximum Gasteiger partial charge on any atom is 0.237 e. The first-order valence-electron chi connectivity index (χ1n) is 7.50. The summed E-state index contributed by atoms with van der Waals surface area (Å²) in [5.74, 6) is -0.584. The molecule has 1 saturated heterocycles. The lowest BCUT2D eigenvalue weighted by molar-refractivity contribution is -0.143. The summed E-state index contributed by atoms with van der Waals surface area (Å²) in [6, 6.07) is 11.5. The molecule has 0 saturated carbocycles. The van der Waals surface area contributed by atoms with Gasteiger partial charge in [0.1, 0.15) is 6.07 Å². The van der Waals surface area contributed by atoms with Crippen LogP contribution >= 0.6 is 0 Å². The Bertz CT molecular complexity index is 702. The van der Waals surface area contributed by atoms with Gasteiger partial charge in [0.05, 0.1) is 11.0 Å². The zero-order chi connectivity index (χ0) is 15.9. The highest BCUT2D eigenvalue weighted by Crippen LogP contribution is 2.48. The fourth-order valence-corrected chi connectivity index (χ4v) is 3.90. The fraction of sp³-hybridized carbons (Fsp3) is 0.389. The molecule has 4 nitrogen and oxygen atoms in total. The van der Waals surface area contributed by atoms with E-state index in [9.17, 15) is 14.9 Å². The maximum absolute atomic E-state index is 13.1. The molecule has 3 rings (SSSR count). The number of allylic oxidation sites excluding steroid dienone is 1. The molecule has 0 spiro atoms. The van der Waals surface area contributed by atoms with Crippen LogP contribution in [0.4, 0.5) is 0 Å². The first kappa shape index (κ1) is 14.5. The van der Waals surface area contributed by atoms with Gasteiger partial charge in [-0.2, -0.15) is 5.26 Å². The molecule has 0 radical (unpaired) electrons. The zero-order valence-electron chi connectivity index (χ0n) is 12.7. The van der Waals surface area contributed by atoms with Gasteiger partial charge < -0.3 is 4.90 Å². The number of rotatable bonds is 1. The van der Waals surface area contributed by atoms with Crippen molar-refractivity contribution in [2.45, 2.75) is 18.8 Å². The highest BCUT2D eigenvalue weighted by atomic mass is 16.2. The number of hydrogen-bond donors (Lipinski definition) is 0. The lowest BCUT2D eigenvalue weighted by Gasteiger charge is -2.49. The monoisotopic (exact) mass is 294 g/mol. The van der Waals surface area contributed by atoms with Crippen LogP contribution in [0.15, 0.2) is 42.0 Å². The van der Waals surface area contributed by atoms with E-state index in [-0.39, 0.29) is 29.1 Å². The Morgan fingerprint density at radius 3 is 2.59 bits per heavy atom. The number of piperidine rings is 1. The van der Waals surface area contributed by atoms with E-state index >= 15 is 0 Å². The van der Waals surface area contributed by atoms with E-state index in [1.54, 1.807) is 18.0 Å². The molecule has 1 aliphatic carbocycles. The largest absolute Gasteiger partial charge is 0.345 e. The average Bonchev–Trinajstić information content (AvgIpc) is 2.55. The van der Waals surface area contributed by atoms with Crippen LogP contribution < -0.4 is 0 Å². The standard InChI is InChI=1S/C18H18N2O2/c1-12-15-8-9-20(2)17(22)18(15,10-13(11-19)16(12)21)14-6-4-3-5-7-14/h3-7,10,12,15H,8-9H2,1-2H3/t12-,15-,18?/m0/s1. The van der Waals surface area contributed by atoms with Gasteiger partial charge in [0.2, 0.25) is 5.91 Å². The molecule has 4 heteroatoms. The summed E-state index contributed by atoms with van der Waals surface area (Å²) in [4.78, 5) is 27.1. The second kappa shape index (κ2) is 5.10. The normalized spacial score (nSPS) is 31.3. The second-order valence-electron chi connectivity index (χ2n) is 6.18. The Kier molecular flexibility index (Phi) is 3.37. The highest BCUT2D eigenvalue weighted by molar-refractivity contribution is 6.06. The lowest BCUT2D eigenvalue weighted by atomic mass is 9.57. The number of nitrogens with zero attached hydrogens (tertiary/aromatic N) is 2. The van der Waals surface area contributed by atoms with Crippen LogP contribution in [0.1, 0.15) is 18.9 Å². The van der Waals surface area contributed by atoms with Gasteiger partial charge in [-0.15, -0.1) is 0 Å². The third-order valence-electron chi connectivity index (χ3n) is 5.09. The van der Waals surface area contributed by atoms with Gasteiger partial charge in [-0.25, -0.2) is 0 Å². The van der Waals surface area contributed by atoms with Gasteiger partial charge in [-0.3, -0.25) is 9.59 Å². The Morgan fingerprint density at radius 1 is 1.27 bits per heavy atom. The number of likely N-dealkylation sites (tertiary alicyclic amines) is 1. The minimum Gasteiger partial charge on any atom is -0.345 e. The molecule has 3 atom stereocenters. The van der Waals surface area contributed by atoms with Crippen molar-refractivity contribution in [3.8, 4) is 6.07 Å². The number of Topliss-reactive ketones (excluding diaryl/α,β-unsaturated/α-hetero) is 1. The molecular weight excluding hydrogens is 276 g/mol. The minimum absolute atomic E-state index is 0.0259. The number of benzene rings is 1. The van der Waals surface area contributed by atoms with E-state index in [1.165, 1.54) is 0 Å². The van der Waals surface area contributed by atoms with Crippen molar-refractivity contribution in [2.24, 2.45) is 11.8 Å². The van der Waals surface area contributed by atoms with Crippen molar-refractivity contribution in [3.63, 3.8) is 0 Å². The summed E-state index contributed by atoms with van der Waals surface area (Å²) in [6.45, 7) is 2.49. The predicted octanol–water partition coefficient (Wildman–Crippen LogP) is 2.07. The molecular formula is C18H18N2O2. The number of nitriles is 1. The van der Waals surface area contributed by atoms with Gasteiger partial charge >= 0.3 is 0 Å². The van der Waals surface area contributed by atoms with Crippen LogP contribution in [0.5, 0.6) is 0 Å². The van der Waals surface area contributed by atoms with E-state index in [0.29, 0.717) is 6.54 Å². The second-order valence-corrected chi connectivity index (χ2v) is 6.18. The van der Waals surface area contributed by atoms with E-state index in [2.05, 4.69) is 0 Å². The molecule has 22 heavy (non-hydrogen) atoms. The quantitative estimate of drug-likeness (QED) is 0.796. The first-order valence-corrected chi connectivity index (χ1v) is 7.50. The summed E-state index contributed by atoms with van der Waals surface area (Å²) >= 11 is 0. The number of ketones is 1. The average molecular weight is 294 g/mol. The number of fused-ring (bicyclic) bond motifs is 1. The molecule has 1 aromatic rings. The van der Waals surface area contributed by atoms with Gasteiger partial charge in [0, 0.05) is 19.5 Å². The zero-order valence-corrected chi connectivity index (χ0v) is 12.7. The van der Waals surface area contributed by atoms with Crippen LogP contribution in [0, 0.1) is 23.2 Å². The van der Waals surface area contributed by atoms with Crippen molar-refractivity contribution in [3.05, 3.63) is 47.5 Å². The number of hydrogen-bond acceptors (Lipinski definition) is 3. The van der Waals surface area contributed by atoms with E-state index in [0.717, 1.165) is 12.0 Å². The molecule has 0 aromatic heterocycles. The predicted molar refractivity (Wildman–Crippen MR) is 81.7 cm³/mol. The Balaban J connectivity index is 2.30. The number of carbonyl (C=O) groups is 2. The molecule has 1 unspecified atom stereocenters. The van der Waals surface area contributed by atoms with Crippen molar-refractivity contribution < 1.29 is 9.59 Å². The summed E-state index contributed by atoms with van der Waals surface area (Å²) in [7, 11) is 1.78. The molecule has 112 valence electrons. The van der Waals surface area contributed by atoms with Crippen LogP contribution in [0.25, 0.3) is 0 Å². The van der Waals surface area contributed by atoms with Crippen molar-refractivity contribution in [2.75, 3.05) is 13.6 Å². The molecule has 0 N–H and O–H groups in total. The summed E-state index contributed by atoms with van der Waals surface area (Å²) in [5, 5.41) is 9.32. The molecule has 1 heterocycles. The highest BCUT2D eigenvalue weighted by Gasteiger charge is 2.55. The van der Waals surface area contributed by atoms with Crippen LogP contribution in [-0.4, -0.2) is 30.2 Å². The van der Waals surface area contributed by atoms with Crippen molar-refractivity contribution in [1.29, 1.82) is 5.26 Å². The Hall–Kier alpha value is -2.41. The third kappa shape index (κ3) is 1.82. The van der Waals surface area contributed by atoms with E-state index in [1.807, 2.05) is 43.3 Å². The Morgan fingerprint density at radius 2 is 1.95 bits per heavy atom. The van der Waals surface area contributed by atoms with Gasteiger partial charge in [0.25, 0.3) is 0 Å². The number of carbonyl (C=O) groups excluding carboxylic acids is 2. The fourth-order valence-electron chi connectivity index (χ4n) is 3.90. The van der Waals surface area contributed by atoms with Gasteiger partial charge in [-0.1, -0.05) is 37.3 Å². The summed E-state index contributed by atoms with van der Waals surface area (Å²) in [5.41, 5.74) is 0.0760. The lowest BCUT2D eigenvalue weighted by Crippen LogP contribution is -2.58. The van der Waals surface area contributed by atoms with Crippen molar-refractivity contribution in [1.82, 2.24) is 4.90 Å². The molecule has 1 aliphatic heterocycles. The minimum atomic E-state index is -0.896.